The SMILES string of the molecule is CC(C)c1nc(CNS(C)(=O)=O)n(Cc2ccccn2)c1S(=O)(=O)Oc1ccccc1. The highest BCUT2D eigenvalue weighted by atomic mass is 32.2. The maximum absolute atomic E-state index is 13.3. The lowest BCUT2D eigenvalue weighted by molar-refractivity contribution is 0.470. The third-order valence-electron chi connectivity index (χ3n) is 4.30. The predicted molar refractivity (Wildman–Crippen MR) is 116 cm³/mol. The number of hydrogen-bond acceptors (Lipinski definition) is 7. The number of nitrogens with one attached hydrogen (secondary N) is 1. The second kappa shape index (κ2) is 9.16. The van der Waals surface area contributed by atoms with E-state index < -0.39 is 20.1 Å². The summed E-state index contributed by atoms with van der Waals surface area (Å²) in [5.74, 6) is 0.153. The minimum absolute atomic E-state index is 0.0774. The highest BCUT2D eigenvalue weighted by Crippen LogP contribution is 2.28. The van der Waals surface area contributed by atoms with Gasteiger partial charge in [0.15, 0.2) is 5.03 Å². The lowest BCUT2D eigenvalue weighted by Crippen LogP contribution is -2.25. The number of benzene rings is 1. The molecule has 0 bridgehead atoms. The fourth-order valence-corrected chi connectivity index (χ4v) is 4.74. The molecule has 0 aliphatic heterocycles. The molecule has 0 spiro atoms. The van der Waals surface area contributed by atoms with Gasteiger partial charge in [0, 0.05) is 6.20 Å². The molecule has 31 heavy (non-hydrogen) atoms. The number of aromatic nitrogens is 3. The summed E-state index contributed by atoms with van der Waals surface area (Å²) in [5, 5.41) is -0.123. The Morgan fingerprint density at radius 2 is 1.71 bits per heavy atom. The van der Waals surface area contributed by atoms with E-state index in [1.54, 1.807) is 42.6 Å². The summed E-state index contributed by atoms with van der Waals surface area (Å²) < 4.78 is 59.1. The van der Waals surface area contributed by atoms with E-state index in [1.807, 2.05) is 13.8 Å². The first kappa shape index (κ1) is 22.9. The molecular weight excluding hydrogens is 440 g/mol. The zero-order valence-electron chi connectivity index (χ0n) is 17.4. The number of imidazole rings is 1. The monoisotopic (exact) mass is 464 g/mol. The fourth-order valence-electron chi connectivity index (χ4n) is 2.93. The smallest absolute Gasteiger partial charge is 0.357 e. The molecule has 0 unspecified atom stereocenters. The zero-order chi connectivity index (χ0) is 22.6. The van der Waals surface area contributed by atoms with Crippen LogP contribution in [0, 0.1) is 0 Å². The minimum Gasteiger partial charge on any atom is -0.378 e. The van der Waals surface area contributed by atoms with Crippen molar-refractivity contribution < 1.29 is 21.0 Å². The van der Waals surface area contributed by atoms with Crippen molar-refractivity contribution in [3.8, 4) is 5.75 Å². The van der Waals surface area contributed by atoms with Crippen LogP contribution in [0.4, 0.5) is 0 Å². The lowest BCUT2D eigenvalue weighted by Gasteiger charge is -2.14. The van der Waals surface area contributed by atoms with Gasteiger partial charge < -0.3 is 8.75 Å². The van der Waals surface area contributed by atoms with Gasteiger partial charge in [0.05, 0.1) is 30.7 Å². The summed E-state index contributed by atoms with van der Waals surface area (Å²) in [5.41, 5.74) is 0.879. The normalized spacial score (nSPS) is 12.3. The van der Waals surface area contributed by atoms with Crippen molar-refractivity contribution in [2.24, 2.45) is 0 Å². The number of sulfonamides is 1. The van der Waals surface area contributed by atoms with Crippen LogP contribution >= 0.6 is 0 Å². The number of pyridine rings is 1. The van der Waals surface area contributed by atoms with Gasteiger partial charge in [0.2, 0.25) is 10.0 Å². The van der Waals surface area contributed by atoms with Crippen LogP contribution in [0.5, 0.6) is 5.75 Å². The highest BCUT2D eigenvalue weighted by molar-refractivity contribution is 7.88. The highest BCUT2D eigenvalue weighted by Gasteiger charge is 2.31. The van der Waals surface area contributed by atoms with Crippen molar-refractivity contribution in [2.45, 2.75) is 37.9 Å². The molecule has 3 aromatic rings. The number of hydrogen-bond donors (Lipinski definition) is 1. The standard InChI is InChI=1S/C20H24N4O5S2/c1-15(2)19-20(31(27,28)29-17-10-5-4-6-11-17)24(14-16-9-7-8-12-21-16)18(23-19)13-22-30(3,25)26/h4-12,15,22H,13-14H2,1-3H3. The van der Waals surface area contributed by atoms with Gasteiger partial charge in [-0.05, 0) is 30.2 Å². The first-order valence-corrected chi connectivity index (χ1v) is 12.8. The second-order valence-electron chi connectivity index (χ2n) is 7.22. The van der Waals surface area contributed by atoms with Crippen molar-refractivity contribution in [3.05, 3.63) is 71.9 Å². The summed E-state index contributed by atoms with van der Waals surface area (Å²) in [6.45, 7) is 3.52. The molecule has 3 rings (SSSR count). The zero-order valence-corrected chi connectivity index (χ0v) is 19.0. The van der Waals surface area contributed by atoms with Gasteiger partial charge in [0.1, 0.15) is 11.6 Å². The average Bonchev–Trinajstić information content (AvgIpc) is 3.07. The van der Waals surface area contributed by atoms with Gasteiger partial charge in [-0.2, -0.15) is 8.42 Å². The largest absolute Gasteiger partial charge is 0.378 e. The molecule has 2 heterocycles. The summed E-state index contributed by atoms with van der Waals surface area (Å²) in [6, 6.07) is 13.4. The van der Waals surface area contributed by atoms with Gasteiger partial charge in [-0.3, -0.25) is 4.98 Å². The molecule has 2 aromatic heterocycles. The van der Waals surface area contributed by atoms with Gasteiger partial charge in [0.25, 0.3) is 0 Å². The Morgan fingerprint density at radius 3 is 2.29 bits per heavy atom. The maximum Gasteiger partial charge on any atom is 0.357 e. The van der Waals surface area contributed by atoms with Crippen LogP contribution in [-0.4, -0.2) is 37.6 Å². The molecule has 0 atom stereocenters. The first-order valence-electron chi connectivity index (χ1n) is 9.50. The Kier molecular flexibility index (Phi) is 6.77. The van der Waals surface area contributed by atoms with Crippen LogP contribution in [0.25, 0.3) is 0 Å². The minimum atomic E-state index is -4.28. The van der Waals surface area contributed by atoms with Gasteiger partial charge in [-0.25, -0.2) is 18.1 Å². The molecule has 0 saturated heterocycles. The Labute approximate surface area is 182 Å². The van der Waals surface area contributed by atoms with Gasteiger partial charge in [-0.1, -0.05) is 38.1 Å². The van der Waals surface area contributed by atoms with E-state index in [0.29, 0.717) is 5.69 Å². The van der Waals surface area contributed by atoms with E-state index in [2.05, 4.69) is 14.7 Å². The van der Waals surface area contributed by atoms with Crippen LogP contribution in [0.2, 0.25) is 0 Å². The third kappa shape index (κ3) is 5.90. The topological polar surface area (TPSA) is 120 Å². The number of nitrogens with zero attached hydrogens (tertiary/aromatic N) is 3. The molecule has 1 aromatic carbocycles. The van der Waals surface area contributed by atoms with Crippen LogP contribution in [0.1, 0.15) is 37.0 Å². The molecule has 0 saturated carbocycles. The molecule has 11 heteroatoms. The summed E-state index contributed by atoms with van der Waals surface area (Å²) in [4.78, 5) is 8.73. The lowest BCUT2D eigenvalue weighted by atomic mass is 10.1. The molecule has 9 nitrogen and oxygen atoms in total. The van der Waals surface area contributed by atoms with Crippen molar-refractivity contribution in [1.29, 1.82) is 0 Å². The van der Waals surface area contributed by atoms with Crippen molar-refractivity contribution in [2.75, 3.05) is 6.26 Å². The first-order chi connectivity index (χ1) is 14.6. The molecule has 1 N–H and O–H groups in total. The Balaban J connectivity index is 2.15. The predicted octanol–water partition coefficient (Wildman–Crippen LogP) is 2.27. The quantitative estimate of drug-likeness (QED) is 0.482. The molecule has 166 valence electrons. The van der Waals surface area contributed by atoms with Crippen molar-refractivity contribution >= 4 is 20.1 Å². The molecule has 0 fully saturated rings. The number of para-hydroxylation sites is 1. The van der Waals surface area contributed by atoms with E-state index in [0.717, 1.165) is 6.26 Å². The van der Waals surface area contributed by atoms with E-state index in [9.17, 15) is 16.8 Å². The molecular formula is C20H24N4O5S2. The van der Waals surface area contributed by atoms with Crippen LogP contribution < -0.4 is 8.91 Å². The third-order valence-corrected chi connectivity index (χ3v) is 6.28. The van der Waals surface area contributed by atoms with E-state index in [4.69, 9.17) is 4.18 Å². The summed E-state index contributed by atoms with van der Waals surface area (Å²) >= 11 is 0. The van der Waals surface area contributed by atoms with Crippen molar-refractivity contribution in [1.82, 2.24) is 19.3 Å². The Bertz CT molecular complexity index is 1240. The van der Waals surface area contributed by atoms with E-state index in [-0.39, 0.29) is 41.3 Å². The van der Waals surface area contributed by atoms with Crippen LogP contribution in [-0.2, 0) is 33.2 Å². The molecule has 0 aliphatic rings. The van der Waals surface area contributed by atoms with Crippen LogP contribution in [0.15, 0.2) is 59.8 Å². The average molecular weight is 465 g/mol. The number of rotatable bonds is 9. The Hall–Kier alpha value is -2.76. The van der Waals surface area contributed by atoms with Crippen molar-refractivity contribution in [3.63, 3.8) is 0 Å². The van der Waals surface area contributed by atoms with E-state index >= 15 is 0 Å². The van der Waals surface area contributed by atoms with Gasteiger partial charge >= 0.3 is 10.1 Å². The van der Waals surface area contributed by atoms with E-state index in [1.165, 1.54) is 16.7 Å². The molecule has 0 amide bonds. The molecule has 0 radical (unpaired) electrons. The second-order valence-corrected chi connectivity index (χ2v) is 10.5. The fraction of sp³-hybridized carbons (Fsp3) is 0.300. The Morgan fingerprint density at radius 1 is 1.03 bits per heavy atom. The molecule has 0 aliphatic carbocycles. The summed E-state index contributed by atoms with van der Waals surface area (Å²) in [6.07, 6.45) is 2.62. The van der Waals surface area contributed by atoms with Crippen LogP contribution in [0.3, 0.4) is 0 Å². The maximum atomic E-state index is 13.3. The van der Waals surface area contributed by atoms with Gasteiger partial charge in [-0.15, -0.1) is 0 Å². The summed E-state index contributed by atoms with van der Waals surface area (Å²) in [7, 11) is -7.80.